The van der Waals surface area contributed by atoms with Crippen molar-refractivity contribution in [3.63, 3.8) is 0 Å². The van der Waals surface area contributed by atoms with Gasteiger partial charge >= 0.3 is 5.97 Å². The van der Waals surface area contributed by atoms with E-state index in [1.165, 1.54) is 0 Å². The number of carbonyl (C=O) groups excluding carboxylic acids is 1. The first-order chi connectivity index (χ1) is 12.1. The average Bonchev–Trinajstić information content (AvgIpc) is 3.09. The highest BCUT2D eigenvalue weighted by atomic mass is 79.9. The van der Waals surface area contributed by atoms with Crippen LogP contribution in [-0.4, -0.2) is 27.0 Å². The number of fused-ring (bicyclic) bond motifs is 1. The molecule has 0 aliphatic carbocycles. The maximum atomic E-state index is 12.2. The van der Waals surface area contributed by atoms with Crippen molar-refractivity contribution in [3.05, 3.63) is 45.9 Å². The highest BCUT2D eigenvalue weighted by molar-refractivity contribution is 9.10. The number of hydrogen-bond acceptors (Lipinski definition) is 6. The second-order valence-electron chi connectivity index (χ2n) is 5.32. The van der Waals surface area contributed by atoms with Crippen LogP contribution >= 0.6 is 15.9 Å². The summed E-state index contributed by atoms with van der Waals surface area (Å²) in [5, 5.41) is 0. The van der Waals surface area contributed by atoms with E-state index in [9.17, 15) is 4.79 Å². The van der Waals surface area contributed by atoms with Gasteiger partial charge in [0.15, 0.2) is 23.0 Å². The van der Waals surface area contributed by atoms with Gasteiger partial charge in [0.1, 0.15) is 6.61 Å². The zero-order valence-electron chi connectivity index (χ0n) is 13.8. The van der Waals surface area contributed by atoms with E-state index in [4.69, 9.17) is 23.7 Å². The highest BCUT2D eigenvalue weighted by Gasteiger charge is 2.16. The van der Waals surface area contributed by atoms with Gasteiger partial charge in [-0.05, 0) is 35.4 Å². The van der Waals surface area contributed by atoms with Crippen LogP contribution in [0.25, 0.3) is 0 Å². The van der Waals surface area contributed by atoms with Crippen molar-refractivity contribution >= 4 is 21.9 Å². The van der Waals surface area contributed by atoms with Crippen molar-refractivity contribution in [1.82, 2.24) is 0 Å². The van der Waals surface area contributed by atoms with Gasteiger partial charge in [-0.25, -0.2) is 0 Å². The molecule has 0 saturated heterocycles. The minimum Gasteiger partial charge on any atom is -0.493 e. The first-order valence-corrected chi connectivity index (χ1v) is 8.34. The zero-order chi connectivity index (χ0) is 17.8. The molecule has 2 aromatic rings. The van der Waals surface area contributed by atoms with Gasteiger partial charge < -0.3 is 23.7 Å². The second kappa shape index (κ2) is 7.65. The van der Waals surface area contributed by atoms with E-state index >= 15 is 0 Å². The van der Waals surface area contributed by atoms with Gasteiger partial charge in [-0.3, -0.25) is 4.79 Å². The third-order valence-corrected chi connectivity index (χ3v) is 4.46. The van der Waals surface area contributed by atoms with E-state index in [1.807, 2.05) is 12.1 Å². The van der Waals surface area contributed by atoms with Gasteiger partial charge in [0.2, 0.25) is 6.79 Å². The Hall–Kier alpha value is -2.41. The number of methoxy groups -OCH3 is 2. The maximum absolute atomic E-state index is 12.2. The number of carbonyl (C=O) groups is 1. The van der Waals surface area contributed by atoms with E-state index in [0.717, 1.165) is 15.6 Å². The van der Waals surface area contributed by atoms with Crippen LogP contribution in [0.2, 0.25) is 0 Å². The number of rotatable bonds is 6. The van der Waals surface area contributed by atoms with E-state index in [2.05, 4.69) is 15.9 Å². The molecule has 0 aromatic heterocycles. The fraction of sp³-hybridized carbons (Fsp3) is 0.278. The highest BCUT2D eigenvalue weighted by Crippen LogP contribution is 2.34. The van der Waals surface area contributed by atoms with Gasteiger partial charge in [-0.15, -0.1) is 0 Å². The first-order valence-electron chi connectivity index (χ1n) is 7.55. The molecule has 0 unspecified atom stereocenters. The fourth-order valence-corrected chi connectivity index (χ4v) is 2.90. The molecule has 25 heavy (non-hydrogen) atoms. The van der Waals surface area contributed by atoms with Gasteiger partial charge in [0.25, 0.3) is 0 Å². The summed E-state index contributed by atoms with van der Waals surface area (Å²) in [6, 6.07) is 8.97. The van der Waals surface area contributed by atoms with E-state index in [1.54, 1.807) is 32.4 Å². The Morgan fingerprint density at radius 1 is 1.08 bits per heavy atom. The average molecular weight is 409 g/mol. The molecule has 7 heteroatoms. The molecule has 3 rings (SSSR count). The molecule has 132 valence electrons. The van der Waals surface area contributed by atoms with Gasteiger partial charge in [-0.1, -0.05) is 22.0 Å². The van der Waals surface area contributed by atoms with Crippen LogP contribution < -0.4 is 18.9 Å². The number of benzene rings is 2. The molecule has 6 nitrogen and oxygen atoms in total. The fourth-order valence-electron chi connectivity index (χ4n) is 2.43. The largest absolute Gasteiger partial charge is 0.493 e. The summed E-state index contributed by atoms with van der Waals surface area (Å²) >= 11 is 3.44. The summed E-state index contributed by atoms with van der Waals surface area (Å²) < 4.78 is 27.2. The summed E-state index contributed by atoms with van der Waals surface area (Å²) in [6.45, 7) is 0.381. The molecule has 1 heterocycles. The topological polar surface area (TPSA) is 63.2 Å². The summed E-state index contributed by atoms with van der Waals surface area (Å²) in [7, 11) is 3.11. The predicted octanol–water partition coefficient (Wildman–Crippen LogP) is 3.48. The Labute approximate surface area is 153 Å². The molecule has 2 aromatic carbocycles. The minimum absolute atomic E-state index is 0.117. The van der Waals surface area contributed by atoms with Crippen LogP contribution in [-0.2, 0) is 22.6 Å². The molecular formula is C18H17BrO6. The van der Waals surface area contributed by atoms with Crippen LogP contribution in [0.4, 0.5) is 0 Å². The molecule has 0 bridgehead atoms. The SMILES string of the molecule is COc1cc(Br)c(CC(=O)OCc2ccc3c(c2)OCO3)cc1OC. The minimum atomic E-state index is -0.342. The Morgan fingerprint density at radius 2 is 1.80 bits per heavy atom. The molecule has 0 N–H and O–H groups in total. The van der Waals surface area contributed by atoms with Gasteiger partial charge in [-0.2, -0.15) is 0 Å². The summed E-state index contributed by atoms with van der Waals surface area (Å²) in [4.78, 5) is 12.2. The number of ether oxygens (including phenoxy) is 5. The van der Waals surface area contributed by atoms with Crippen molar-refractivity contribution in [2.75, 3.05) is 21.0 Å². The van der Waals surface area contributed by atoms with Gasteiger partial charge in [0, 0.05) is 4.47 Å². The summed E-state index contributed by atoms with van der Waals surface area (Å²) in [5.41, 5.74) is 1.59. The molecule has 0 spiro atoms. The Bertz CT molecular complexity index is 789. The third-order valence-electron chi connectivity index (χ3n) is 3.72. The Kier molecular flexibility index (Phi) is 5.33. The molecule has 1 aliphatic rings. The maximum Gasteiger partial charge on any atom is 0.310 e. The van der Waals surface area contributed by atoms with Crippen molar-refractivity contribution in [2.45, 2.75) is 13.0 Å². The van der Waals surface area contributed by atoms with Crippen molar-refractivity contribution in [3.8, 4) is 23.0 Å². The van der Waals surface area contributed by atoms with Crippen LogP contribution in [0.1, 0.15) is 11.1 Å². The predicted molar refractivity (Wildman–Crippen MR) is 93.3 cm³/mol. The molecule has 0 fully saturated rings. The van der Waals surface area contributed by atoms with Crippen molar-refractivity contribution in [2.24, 2.45) is 0 Å². The van der Waals surface area contributed by atoms with Crippen molar-refractivity contribution in [1.29, 1.82) is 0 Å². The molecule has 0 amide bonds. The lowest BCUT2D eigenvalue weighted by Gasteiger charge is -2.12. The van der Waals surface area contributed by atoms with Crippen molar-refractivity contribution < 1.29 is 28.5 Å². The zero-order valence-corrected chi connectivity index (χ0v) is 15.4. The lowest BCUT2D eigenvalue weighted by molar-refractivity contribution is -0.144. The lowest BCUT2D eigenvalue weighted by Crippen LogP contribution is -2.09. The Morgan fingerprint density at radius 3 is 2.56 bits per heavy atom. The number of esters is 1. The molecule has 1 aliphatic heterocycles. The smallest absolute Gasteiger partial charge is 0.310 e. The number of halogens is 1. The third kappa shape index (κ3) is 3.99. The quantitative estimate of drug-likeness (QED) is 0.681. The summed E-state index contributed by atoms with van der Waals surface area (Å²) in [6.07, 6.45) is 0.117. The normalized spacial score (nSPS) is 12.0. The standard InChI is InChI=1S/C18H17BrO6/c1-21-15-6-12(13(19)8-16(15)22-2)7-18(20)23-9-11-3-4-14-17(5-11)25-10-24-14/h3-6,8H,7,9-10H2,1-2H3. The second-order valence-corrected chi connectivity index (χ2v) is 6.18. The molecule has 0 radical (unpaired) electrons. The molecule has 0 saturated carbocycles. The first kappa shape index (κ1) is 17.4. The lowest BCUT2D eigenvalue weighted by atomic mass is 10.1. The number of hydrogen-bond donors (Lipinski definition) is 0. The Balaban J connectivity index is 1.63. The van der Waals surface area contributed by atoms with E-state index in [-0.39, 0.29) is 25.8 Å². The van der Waals surface area contributed by atoms with Crippen LogP contribution in [0.3, 0.4) is 0 Å². The summed E-state index contributed by atoms with van der Waals surface area (Å²) in [5.74, 6) is 2.17. The monoisotopic (exact) mass is 408 g/mol. The van der Waals surface area contributed by atoms with Gasteiger partial charge in [0.05, 0.1) is 20.6 Å². The van der Waals surface area contributed by atoms with Crippen LogP contribution in [0.5, 0.6) is 23.0 Å². The van der Waals surface area contributed by atoms with Crippen LogP contribution in [0.15, 0.2) is 34.8 Å². The van der Waals surface area contributed by atoms with Crippen LogP contribution in [0, 0.1) is 0 Å². The molecule has 0 atom stereocenters. The van der Waals surface area contributed by atoms with E-state index in [0.29, 0.717) is 23.0 Å². The van der Waals surface area contributed by atoms with E-state index < -0.39 is 0 Å². The molecular weight excluding hydrogens is 392 g/mol.